The number of carboxylic acids is 2. The Morgan fingerprint density at radius 2 is 1.00 bits per heavy atom. The Balaban J connectivity index is 0. The van der Waals surface area contributed by atoms with Gasteiger partial charge in [0.15, 0.2) is 0 Å². The van der Waals surface area contributed by atoms with Crippen LogP contribution in [0.25, 0.3) is 0 Å². The molecule has 0 heterocycles. The molecule has 0 aromatic carbocycles. The molecule has 0 aliphatic rings. The molecule has 0 aromatic heterocycles. The van der Waals surface area contributed by atoms with Crippen LogP contribution in [0.4, 0.5) is 17.6 Å². The van der Waals surface area contributed by atoms with E-state index in [1.54, 1.807) is 0 Å². The van der Waals surface area contributed by atoms with E-state index < -0.39 is 47.7 Å². The molecule has 144 valence electrons. The van der Waals surface area contributed by atoms with Crippen LogP contribution in [0.3, 0.4) is 0 Å². The first kappa shape index (κ1) is 24.8. The summed E-state index contributed by atoms with van der Waals surface area (Å²) in [4.78, 5) is 20.5. The molecule has 0 fully saturated rings. The van der Waals surface area contributed by atoms with Crippen molar-refractivity contribution in [1.82, 2.24) is 0 Å². The number of hydrogen-bond donors (Lipinski definition) is 4. The number of nitrogens with two attached hydrogens (primary N) is 2. The van der Waals surface area contributed by atoms with Gasteiger partial charge in [-0.15, -0.1) is 0 Å². The van der Waals surface area contributed by atoms with Crippen LogP contribution in [0, 0.1) is 10.8 Å². The van der Waals surface area contributed by atoms with E-state index in [0.29, 0.717) is 0 Å². The van der Waals surface area contributed by atoms with Gasteiger partial charge in [0.05, 0.1) is 0 Å². The monoisotopic (exact) mass is 362 g/mol. The molecule has 6 N–H and O–H groups in total. The second kappa shape index (κ2) is 9.77. The van der Waals surface area contributed by atoms with Crippen molar-refractivity contribution in [3.8, 4) is 0 Å². The highest BCUT2D eigenvalue weighted by atomic mass is 19.3. The third kappa shape index (κ3) is 9.66. The third-order valence-corrected chi connectivity index (χ3v) is 3.31. The van der Waals surface area contributed by atoms with E-state index in [2.05, 4.69) is 0 Å². The Kier molecular flexibility index (Phi) is 10.1. The van der Waals surface area contributed by atoms with Gasteiger partial charge in [0.1, 0.15) is 12.1 Å². The lowest BCUT2D eigenvalue weighted by Gasteiger charge is -2.24. The van der Waals surface area contributed by atoms with Gasteiger partial charge in [0, 0.05) is 10.8 Å². The minimum atomic E-state index is -2.55. The number of carboxylic acid groups (broad SMARTS) is 2. The summed E-state index contributed by atoms with van der Waals surface area (Å²) in [5.41, 5.74) is 7.54. The highest BCUT2D eigenvalue weighted by Gasteiger charge is 2.34. The fourth-order valence-electron chi connectivity index (χ4n) is 1.49. The second-order valence-corrected chi connectivity index (χ2v) is 6.88. The smallest absolute Gasteiger partial charge is 0.320 e. The number of carbonyl (C=O) groups is 2. The van der Waals surface area contributed by atoms with Crippen LogP contribution in [0.5, 0.6) is 0 Å². The molecule has 0 spiro atoms. The lowest BCUT2D eigenvalue weighted by Crippen LogP contribution is -2.37. The fraction of sp³-hybridized carbons (Fsp3) is 0.857. The molecule has 0 aromatic rings. The summed E-state index contributed by atoms with van der Waals surface area (Å²) in [5.74, 6) is -2.49. The van der Waals surface area contributed by atoms with Crippen LogP contribution in [-0.2, 0) is 9.59 Å². The Labute approximate surface area is 138 Å². The summed E-state index contributed by atoms with van der Waals surface area (Å²) < 4.78 is 48.8. The standard InChI is InChI=1S/2C7H13F2NO2/c2*1-7(2,6(8)9)3-4(10)5(11)12/h2*4,6H,3,10H2,1-2H3,(H,11,12)/t2*4-/m10/s1. The van der Waals surface area contributed by atoms with Crippen LogP contribution in [-0.4, -0.2) is 47.1 Å². The second-order valence-electron chi connectivity index (χ2n) is 6.88. The Bertz CT molecular complexity index is 380. The number of aliphatic carboxylic acids is 2. The normalized spacial score (nSPS) is 14.8. The Morgan fingerprint density at radius 1 is 0.792 bits per heavy atom. The molecule has 0 aliphatic heterocycles. The molecule has 0 aliphatic carbocycles. The first-order valence-corrected chi connectivity index (χ1v) is 7.07. The van der Waals surface area contributed by atoms with Gasteiger partial charge in [0.2, 0.25) is 12.9 Å². The molecule has 10 heteroatoms. The zero-order chi connectivity index (χ0) is 19.9. The lowest BCUT2D eigenvalue weighted by molar-refractivity contribution is -0.141. The van der Waals surface area contributed by atoms with E-state index in [4.69, 9.17) is 21.7 Å². The average molecular weight is 362 g/mol. The Hall–Kier alpha value is -1.42. The van der Waals surface area contributed by atoms with Gasteiger partial charge < -0.3 is 21.7 Å². The maximum Gasteiger partial charge on any atom is 0.320 e. The van der Waals surface area contributed by atoms with Gasteiger partial charge in [-0.3, -0.25) is 9.59 Å². The minimum Gasteiger partial charge on any atom is -0.480 e. The molecule has 0 amide bonds. The highest BCUT2D eigenvalue weighted by Crippen LogP contribution is 2.30. The minimum absolute atomic E-state index is 0.222. The van der Waals surface area contributed by atoms with E-state index in [1.807, 2.05) is 0 Å². The number of alkyl halides is 4. The van der Waals surface area contributed by atoms with Crippen LogP contribution >= 0.6 is 0 Å². The predicted octanol–water partition coefficient (Wildman–Crippen LogP) is 2.16. The summed E-state index contributed by atoms with van der Waals surface area (Å²) >= 11 is 0. The average Bonchev–Trinajstić information content (AvgIpc) is 2.37. The summed E-state index contributed by atoms with van der Waals surface area (Å²) in [6.45, 7) is 5.17. The van der Waals surface area contributed by atoms with E-state index in [9.17, 15) is 27.2 Å². The largest absolute Gasteiger partial charge is 0.480 e. The first-order valence-electron chi connectivity index (χ1n) is 7.07. The van der Waals surface area contributed by atoms with Crippen molar-refractivity contribution in [2.45, 2.75) is 65.5 Å². The van der Waals surface area contributed by atoms with Crippen LogP contribution in [0.2, 0.25) is 0 Å². The topological polar surface area (TPSA) is 127 Å². The van der Waals surface area contributed by atoms with Crippen molar-refractivity contribution in [3.05, 3.63) is 0 Å². The van der Waals surface area contributed by atoms with Crippen molar-refractivity contribution >= 4 is 11.9 Å². The number of halogens is 4. The molecule has 24 heavy (non-hydrogen) atoms. The maximum atomic E-state index is 12.2. The van der Waals surface area contributed by atoms with Gasteiger partial charge >= 0.3 is 11.9 Å². The summed E-state index contributed by atoms with van der Waals surface area (Å²) in [7, 11) is 0. The number of rotatable bonds is 8. The zero-order valence-corrected chi connectivity index (χ0v) is 14.1. The molecule has 0 saturated heterocycles. The van der Waals surface area contributed by atoms with Crippen molar-refractivity contribution < 1.29 is 37.4 Å². The van der Waals surface area contributed by atoms with Crippen LogP contribution < -0.4 is 11.5 Å². The van der Waals surface area contributed by atoms with E-state index in [0.717, 1.165) is 0 Å². The SMILES string of the molecule is CC(C)(C[C@@H](N)C(=O)O)C(F)F.CC(C)(C[C@H](N)C(=O)O)C(F)F. The van der Waals surface area contributed by atoms with Crippen molar-refractivity contribution in [2.24, 2.45) is 22.3 Å². The lowest BCUT2D eigenvalue weighted by atomic mass is 9.86. The number of hydrogen-bond acceptors (Lipinski definition) is 4. The molecule has 0 bridgehead atoms. The van der Waals surface area contributed by atoms with Gasteiger partial charge in [-0.1, -0.05) is 27.7 Å². The highest BCUT2D eigenvalue weighted by molar-refractivity contribution is 5.73. The first-order chi connectivity index (χ1) is 10.5. The third-order valence-electron chi connectivity index (χ3n) is 3.31. The van der Waals surface area contributed by atoms with E-state index in [1.165, 1.54) is 27.7 Å². The molecular formula is C14H26F4N2O4. The maximum absolute atomic E-state index is 12.2. The molecule has 0 saturated carbocycles. The molecule has 2 atom stereocenters. The van der Waals surface area contributed by atoms with Gasteiger partial charge in [-0.05, 0) is 12.8 Å². The van der Waals surface area contributed by atoms with Crippen LogP contribution in [0.15, 0.2) is 0 Å². The molecule has 0 unspecified atom stereocenters. The van der Waals surface area contributed by atoms with Crippen molar-refractivity contribution in [1.29, 1.82) is 0 Å². The molecular weight excluding hydrogens is 336 g/mol. The molecule has 6 nitrogen and oxygen atoms in total. The summed E-state index contributed by atoms with van der Waals surface area (Å²) in [6, 6.07) is -2.43. The van der Waals surface area contributed by atoms with Crippen molar-refractivity contribution in [2.75, 3.05) is 0 Å². The fourth-order valence-corrected chi connectivity index (χ4v) is 1.49. The Morgan fingerprint density at radius 3 is 1.12 bits per heavy atom. The van der Waals surface area contributed by atoms with Gasteiger partial charge in [-0.2, -0.15) is 0 Å². The van der Waals surface area contributed by atoms with Gasteiger partial charge in [0.25, 0.3) is 0 Å². The predicted molar refractivity (Wildman–Crippen MR) is 80.0 cm³/mol. The van der Waals surface area contributed by atoms with Gasteiger partial charge in [-0.25, -0.2) is 17.6 Å². The quantitative estimate of drug-likeness (QED) is 0.490. The molecule has 0 rings (SSSR count). The van der Waals surface area contributed by atoms with Crippen LogP contribution in [0.1, 0.15) is 40.5 Å². The van der Waals surface area contributed by atoms with E-state index in [-0.39, 0.29) is 12.8 Å². The summed E-state index contributed by atoms with van der Waals surface area (Å²) in [5, 5.41) is 16.7. The van der Waals surface area contributed by atoms with E-state index >= 15 is 0 Å². The summed E-state index contributed by atoms with van der Waals surface area (Å²) in [6.07, 6.45) is -5.55. The zero-order valence-electron chi connectivity index (χ0n) is 14.1. The molecule has 0 radical (unpaired) electrons. The van der Waals surface area contributed by atoms with Crippen molar-refractivity contribution in [3.63, 3.8) is 0 Å².